The lowest BCUT2D eigenvalue weighted by atomic mass is 10.1. The molecule has 2 atom stereocenters. The molecule has 0 radical (unpaired) electrons. The van der Waals surface area contributed by atoms with E-state index in [1.165, 1.54) is 19.0 Å². The van der Waals surface area contributed by atoms with Crippen molar-refractivity contribution >= 4 is 39.3 Å². The average molecular weight is 509 g/mol. The molecule has 2 aromatic carbocycles. The lowest BCUT2D eigenvalue weighted by Gasteiger charge is -2.33. The van der Waals surface area contributed by atoms with Crippen molar-refractivity contribution < 1.29 is 18.0 Å². The smallest absolute Gasteiger partial charge is 0.304 e. The third-order valence-electron chi connectivity index (χ3n) is 5.53. The lowest BCUT2D eigenvalue weighted by Crippen LogP contribution is -2.53. The third-order valence-corrected chi connectivity index (χ3v) is 7.72. The van der Waals surface area contributed by atoms with Crippen LogP contribution in [0.2, 0.25) is 5.02 Å². The van der Waals surface area contributed by atoms with Crippen molar-refractivity contribution in [1.29, 1.82) is 0 Å². The largest absolute Gasteiger partial charge is 0.352 e. The zero-order valence-electron chi connectivity index (χ0n) is 20.2. The summed E-state index contributed by atoms with van der Waals surface area (Å²) in [6, 6.07) is 14.5. The van der Waals surface area contributed by atoms with Crippen molar-refractivity contribution in [3.05, 3.63) is 65.2 Å². The molecular formula is C24H33ClN4O4S. The molecule has 0 spiro atoms. The minimum absolute atomic E-state index is 0.0538. The van der Waals surface area contributed by atoms with Gasteiger partial charge in [-0.1, -0.05) is 54.9 Å². The summed E-state index contributed by atoms with van der Waals surface area (Å²) in [7, 11) is -1.17. The van der Waals surface area contributed by atoms with Gasteiger partial charge in [0, 0.05) is 31.7 Å². The van der Waals surface area contributed by atoms with Gasteiger partial charge >= 0.3 is 10.2 Å². The molecule has 8 nitrogen and oxygen atoms in total. The SMILES string of the molecule is CC[C@H](C)NC(=O)[C@H](C)N(Cc1ccccc1Cl)C(=O)CN(c1ccccc1)S(=O)(=O)N(C)C. The number of hydrogen-bond donors (Lipinski definition) is 1. The van der Waals surface area contributed by atoms with Crippen molar-refractivity contribution in [2.24, 2.45) is 0 Å². The Morgan fingerprint density at radius 1 is 1.00 bits per heavy atom. The first-order valence-corrected chi connectivity index (χ1v) is 12.8. The molecule has 2 aromatic rings. The fourth-order valence-electron chi connectivity index (χ4n) is 3.17. The number of nitrogens with one attached hydrogen (secondary N) is 1. The minimum atomic E-state index is -3.98. The molecule has 0 bridgehead atoms. The van der Waals surface area contributed by atoms with Crippen LogP contribution in [0.25, 0.3) is 0 Å². The van der Waals surface area contributed by atoms with Gasteiger partial charge < -0.3 is 10.2 Å². The molecule has 0 saturated heterocycles. The molecule has 0 aromatic heterocycles. The molecule has 10 heteroatoms. The Bertz CT molecular complexity index is 1080. The highest BCUT2D eigenvalue weighted by Crippen LogP contribution is 2.22. The molecule has 0 aliphatic rings. The van der Waals surface area contributed by atoms with Gasteiger partial charge in [0.1, 0.15) is 12.6 Å². The first-order valence-electron chi connectivity index (χ1n) is 11.1. The number of amides is 2. The van der Waals surface area contributed by atoms with Crippen LogP contribution in [0.15, 0.2) is 54.6 Å². The summed E-state index contributed by atoms with van der Waals surface area (Å²) in [5.41, 5.74) is 1.00. The van der Waals surface area contributed by atoms with Gasteiger partial charge in [0.2, 0.25) is 11.8 Å². The van der Waals surface area contributed by atoms with Crippen LogP contribution < -0.4 is 9.62 Å². The lowest BCUT2D eigenvalue weighted by molar-refractivity contribution is -0.139. The van der Waals surface area contributed by atoms with Crippen molar-refractivity contribution in [3.8, 4) is 0 Å². The highest BCUT2D eigenvalue weighted by molar-refractivity contribution is 7.90. The van der Waals surface area contributed by atoms with E-state index in [0.29, 0.717) is 16.3 Å². The zero-order chi connectivity index (χ0) is 25.5. The van der Waals surface area contributed by atoms with Gasteiger partial charge in [-0.05, 0) is 44.0 Å². The predicted molar refractivity (Wildman–Crippen MR) is 136 cm³/mol. The predicted octanol–water partition coefficient (Wildman–Crippen LogP) is 3.28. The van der Waals surface area contributed by atoms with Crippen molar-refractivity contribution in [1.82, 2.24) is 14.5 Å². The van der Waals surface area contributed by atoms with Crippen LogP contribution in [-0.4, -0.2) is 62.2 Å². The monoisotopic (exact) mass is 508 g/mol. The molecule has 0 saturated carbocycles. The Morgan fingerprint density at radius 2 is 1.59 bits per heavy atom. The maximum atomic E-state index is 13.6. The van der Waals surface area contributed by atoms with E-state index in [1.54, 1.807) is 61.5 Å². The van der Waals surface area contributed by atoms with Crippen LogP contribution in [0.1, 0.15) is 32.8 Å². The number of halogens is 1. The Morgan fingerprint density at radius 3 is 2.15 bits per heavy atom. The Labute approximate surface area is 207 Å². The van der Waals surface area contributed by atoms with Gasteiger partial charge in [-0.3, -0.25) is 9.59 Å². The van der Waals surface area contributed by atoms with Crippen LogP contribution >= 0.6 is 11.6 Å². The van der Waals surface area contributed by atoms with E-state index in [1.807, 2.05) is 13.8 Å². The highest BCUT2D eigenvalue weighted by Gasteiger charge is 2.33. The minimum Gasteiger partial charge on any atom is -0.352 e. The number of benzene rings is 2. The molecule has 0 unspecified atom stereocenters. The zero-order valence-corrected chi connectivity index (χ0v) is 21.8. The molecule has 0 heterocycles. The summed E-state index contributed by atoms with van der Waals surface area (Å²) in [5, 5.41) is 3.35. The molecule has 0 aliphatic carbocycles. The second-order valence-electron chi connectivity index (χ2n) is 8.24. The highest BCUT2D eigenvalue weighted by atomic mass is 35.5. The number of rotatable bonds is 11. The molecule has 34 heavy (non-hydrogen) atoms. The topological polar surface area (TPSA) is 90.0 Å². The Kier molecular flexibility index (Phi) is 9.90. The first kappa shape index (κ1) is 27.6. The van der Waals surface area contributed by atoms with Crippen LogP contribution in [-0.2, 0) is 26.3 Å². The molecule has 2 amide bonds. The van der Waals surface area contributed by atoms with Gasteiger partial charge in [-0.2, -0.15) is 12.7 Å². The molecular weight excluding hydrogens is 476 g/mol. The van der Waals surface area contributed by atoms with E-state index >= 15 is 0 Å². The Hall–Kier alpha value is -2.62. The summed E-state index contributed by atoms with van der Waals surface area (Å²) in [6.07, 6.45) is 0.736. The van der Waals surface area contributed by atoms with E-state index in [0.717, 1.165) is 15.0 Å². The van der Waals surface area contributed by atoms with E-state index in [4.69, 9.17) is 11.6 Å². The number of nitrogens with zero attached hydrogens (tertiary/aromatic N) is 3. The number of carbonyl (C=O) groups is 2. The van der Waals surface area contributed by atoms with Gasteiger partial charge in [-0.25, -0.2) is 4.31 Å². The fourth-order valence-corrected chi connectivity index (χ4v) is 4.42. The number of hydrogen-bond acceptors (Lipinski definition) is 4. The van der Waals surface area contributed by atoms with Crippen molar-refractivity contribution in [2.75, 3.05) is 24.9 Å². The van der Waals surface area contributed by atoms with Gasteiger partial charge in [-0.15, -0.1) is 0 Å². The van der Waals surface area contributed by atoms with E-state index < -0.39 is 28.7 Å². The number of anilines is 1. The number of para-hydroxylation sites is 1. The van der Waals surface area contributed by atoms with Crippen LogP contribution in [0.5, 0.6) is 0 Å². The summed E-state index contributed by atoms with van der Waals surface area (Å²) >= 11 is 6.33. The first-order chi connectivity index (χ1) is 16.0. The summed E-state index contributed by atoms with van der Waals surface area (Å²) in [5.74, 6) is -0.850. The Balaban J connectivity index is 2.43. The average Bonchev–Trinajstić information content (AvgIpc) is 2.81. The van der Waals surface area contributed by atoms with Crippen LogP contribution in [0.4, 0.5) is 5.69 Å². The quantitative estimate of drug-likeness (QED) is 0.504. The van der Waals surface area contributed by atoms with Crippen LogP contribution in [0, 0.1) is 0 Å². The summed E-state index contributed by atoms with van der Waals surface area (Å²) in [4.78, 5) is 27.9. The molecule has 0 aliphatic heterocycles. The normalized spacial score (nSPS) is 13.3. The second kappa shape index (κ2) is 12.2. The standard InChI is InChI=1S/C24H33ClN4O4S/c1-6-18(2)26-24(31)19(3)28(16-20-12-10-11-15-22(20)25)23(30)17-29(34(32,33)27(4)5)21-13-8-7-9-14-21/h7-15,18-19H,6,16-17H2,1-5H3,(H,26,31)/t18-,19-/m0/s1. The van der Waals surface area contributed by atoms with E-state index in [-0.39, 0.29) is 18.5 Å². The van der Waals surface area contributed by atoms with Crippen molar-refractivity contribution in [2.45, 2.75) is 45.8 Å². The molecule has 186 valence electrons. The molecule has 2 rings (SSSR count). The fraction of sp³-hybridized carbons (Fsp3) is 0.417. The number of carbonyl (C=O) groups excluding carboxylic acids is 2. The van der Waals surface area contributed by atoms with Crippen LogP contribution in [0.3, 0.4) is 0 Å². The maximum absolute atomic E-state index is 13.6. The van der Waals surface area contributed by atoms with E-state index in [2.05, 4.69) is 5.32 Å². The maximum Gasteiger partial charge on any atom is 0.304 e. The van der Waals surface area contributed by atoms with Gasteiger partial charge in [0.05, 0.1) is 5.69 Å². The molecule has 1 N–H and O–H groups in total. The summed E-state index contributed by atoms with van der Waals surface area (Å²) < 4.78 is 28.2. The van der Waals surface area contributed by atoms with Gasteiger partial charge in [0.25, 0.3) is 0 Å². The van der Waals surface area contributed by atoms with E-state index in [9.17, 15) is 18.0 Å². The summed E-state index contributed by atoms with van der Waals surface area (Å²) in [6.45, 7) is 5.03. The molecule has 0 fully saturated rings. The third kappa shape index (κ3) is 6.94. The van der Waals surface area contributed by atoms with Gasteiger partial charge in [0.15, 0.2) is 0 Å². The second-order valence-corrected chi connectivity index (χ2v) is 10.7. The van der Waals surface area contributed by atoms with Crippen molar-refractivity contribution in [3.63, 3.8) is 0 Å².